The molecule has 0 spiro atoms. The van der Waals surface area contributed by atoms with Gasteiger partial charge in [-0.1, -0.05) is 12.1 Å². The van der Waals surface area contributed by atoms with E-state index in [1.165, 1.54) is 6.07 Å². The minimum atomic E-state index is -2.70. The van der Waals surface area contributed by atoms with Gasteiger partial charge in [0, 0.05) is 34.3 Å². The van der Waals surface area contributed by atoms with E-state index >= 15 is 0 Å². The molecular weight excluding hydrogens is 384 g/mol. The van der Waals surface area contributed by atoms with Gasteiger partial charge >= 0.3 is 0 Å². The van der Waals surface area contributed by atoms with E-state index in [0.717, 1.165) is 24.0 Å². The number of carbonyl (C=O) groups is 2. The third-order valence-corrected chi connectivity index (χ3v) is 4.76. The summed E-state index contributed by atoms with van der Waals surface area (Å²) in [5, 5.41) is 22.5. The van der Waals surface area contributed by atoms with Crippen LogP contribution >= 0.6 is 0 Å². The third-order valence-electron chi connectivity index (χ3n) is 4.76. The summed E-state index contributed by atoms with van der Waals surface area (Å²) < 4.78 is 21.9. The van der Waals surface area contributed by atoms with Gasteiger partial charge in [0.05, 0.1) is 5.69 Å². The number of rotatable bonds is 6. The quantitative estimate of drug-likeness (QED) is 0.490. The van der Waals surface area contributed by atoms with E-state index in [9.17, 15) is 9.59 Å². The summed E-state index contributed by atoms with van der Waals surface area (Å²) in [6.45, 7) is 0.952. The number of hydrogen-bond donors (Lipinski definition) is 4. The van der Waals surface area contributed by atoms with E-state index in [1.807, 2.05) is 18.3 Å². The topological polar surface area (TPSA) is 138 Å². The second kappa shape index (κ2) is 7.90. The number of amides is 2. The molecule has 4 N–H and O–H groups in total. The molecule has 0 aliphatic heterocycles. The molecule has 0 saturated heterocycles. The molecule has 2 aromatic heterocycles. The first-order chi connectivity index (χ1) is 15.6. The lowest BCUT2D eigenvalue weighted by Crippen LogP contribution is -2.22. The zero-order chi connectivity index (χ0) is 23.8. The van der Waals surface area contributed by atoms with Crippen molar-refractivity contribution >= 4 is 29.0 Å². The van der Waals surface area contributed by atoms with Crippen LogP contribution < -0.4 is 16.0 Å². The molecule has 3 aromatic rings. The zero-order valence-electron chi connectivity index (χ0n) is 19.4. The maximum absolute atomic E-state index is 12.6. The van der Waals surface area contributed by atoms with Gasteiger partial charge in [0.25, 0.3) is 5.91 Å². The summed E-state index contributed by atoms with van der Waals surface area (Å²) in [4.78, 5) is 29.1. The molecule has 0 unspecified atom stereocenters. The van der Waals surface area contributed by atoms with E-state index < -0.39 is 12.9 Å². The Bertz CT molecular complexity index is 1220. The van der Waals surface area contributed by atoms with Gasteiger partial charge in [-0.05, 0) is 38.3 Å². The van der Waals surface area contributed by atoms with Crippen LogP contribution in [0.15, 0.2) is 24.3 Å². The van der Waals surface area contributed by atoms with Crippen molar-refractivity contribution in [1.82, 2.24) is 30.7 Å². The number of H-pyrrole nitrogens is 1. The highest BCUT2D eigenvalue weighted by atomic mass is 16.2. The number of aryl methyl sites for hydroxylation is 1. The molecule has 1 fully saturated rings. The van der Waals surface area contributed by atoms with Gasteiger partial charge < -0.3 is 16.0 Å². The molecule has 0 radical (unpaired) electrons. The van der Waals surface area contributed by atoms with Crippen molar-refractivity contribution in [3.05, 3.63) is 41.3 Å². The van der Waals surface area contributed by atoms with Crippen LogP contribution in [-0.4, -0.2) is 44.2 Å². The van der Waals surface area contributed by atoms with Crippen LogP contribution in [-0.2, 0) is 4.79 Å². The number of carbonyl (C=O) groups excluding carboxylic acids is 2. The lowest BCUT2D eigenvalue weighted by atomic mass is 10.1. The Morgan fingerprint density at radius 3 is 2.73 bits per heavy atom. The van der Waals surface area contributed by atoms with Gasteiger partial charge in [0.1, 0.15) is 5.82 Å². The molecule has 1 aromatic carbocycles. The minimum Gasteiger partial charge on any atom is -0.354 e. The number of hydrogen-bond acceptors (Lipinski definition) is 7. The second-order valence-electron chi connectivity index (χ2n) is 7.06. The highest BCUT2D eigenvalue weighted by molar-refractivity contribution is 5.99. The highest BCUT2D eigenvalue weighted by Gasteiger charge is 2.30. The summed E-state index contributed by atoms with van der Waals surface area (Å²) >= 11 is 0. The van der Waals surface area contributed by atoms with Gasteiger partial charge in [0.15, 0.2) is 17.3 Å². The first kappa shape index (κ1) is 16.0. The summed E-state index contributed by atoms with van der Waals surface area (Å²) in [6.07, 6.45) is 1.63. The van der Waals surface area contributed by atoms with E-state index in [-0.39, 0.29) is 29.0 Å². The molecule has 30 heavy (non-hydrogen) atoms. The fraction of sp³-hybridized carbons (Fsp3) is 0.300. The summed E-state index contributed by atoms with van der Waals surface area (Å²) in [5.41, 5.74) is 2.13. The predicted octanol–water partition coefficient (Wildman–Crippen LogP) is 2.33. The van der Waals surface area contributed by atoms with Crippen molar-refractivity contribution in [2.45, 2.75) is 26.7 Å². The molecule has 2 heterocycles. The average Bonchev–Trinajstić information content (AvgIpc) is 3.50. The van der Waals surface area contributed by atoms with Gasteiger partial charge in [0.2, 0.25) is 5.91 Å². The van der Waals surface area contributed by atoms with Crippen LogP contribution in [0.1, 0.15) is 38.8 Å². The number of anilines is 3. The average molecular weight is 409 g/mol. The third kappa shape index (κ3) is 3.97. The Balaban J connectivity index is 1.69. The Hall–Kier alpha value is -3.82. The van der Waals surface area contributed by atoms with Crippen molar-refractivity contribution in [2.24, 2.45) is 5.92 Å². The standard InChI is InChI=1S/C20H22N8O2/c1-10-13(18-22-11(2)25-28-18)5-4-6-14(10)23-15-9-16(24-19(29)12-7-8-12)26-27-17(15)20(30)21-3/h4-6,9,12H,7-8H2,1-3H3,(H,21,30)(H,22,25,28)(H2,23,24,26,29)/i3D3. The van der Waals surface area contributed by atoms with Gasteiger partial charge in [-0.15, -0.1) is 10.2 Å². The van der Waals surface area contributed by atoms with E-state index in [4.69, 9.17) is 4.11 Å². The van der Waals surface area contributed by atoms with Crippen molar-refractivity contribution in [2.75, 3.05) is 17.6 Å². The molecule has 0 atom stereocenters. The van der Waals surface area contributed by atoms with Crippen molar-refractivity contribution in [1.29, 1.82) is 0 Å². The largest absolute Gasteiger partial charge is 0.354 e. The number of nitrogens with one attached hydrogen (secondary N) is 4. The number of aromatic amines is 1. The molecular formula is C20H22N8O2. The van der Waals surface area contributed by atoms with Gasteiger partial charge in [-0.25, -0.2) is 4.98 Å². The monoisotopic (exact) mass is 409 g/mol. The minimum absolute atomic E-state index is 0.0505. The SMILES string of the molecule is [2H]C([2H])([2H])NC(=O)c1nnc(NC(=O)C2CC2)cc1Nc1cccc(-c2n[nH]c(C)n2)c1C. The first-order valence-corrected chi connectivity index (χ1v) is 9.38. The second-order valence-corrected chi connectivity index (χ2v) is 7.06. The smallest absolute Gasteiger partial charge is 0.273 e. The molecule has 1 aliphatic rings. The number of benzene rings is 1. The Labute approximate surface area is 177 Å². The first-order valence-electron chi connectivity index (χ1n) is 10.9. The van der Waals surface area contributed by atoms with E-state index in [2.05, 4.69) is 36.0 Å². The van der Waals surface area contributed by atoms with Crippen LogP contribution in [0.2, 0.25) is 0 Å². The van der Waals surface area contributed by atoms with Crippen LogP contribution in [0.5, 0.6) is 0 Å². The Morgan fingerprint density at radius 1 is 1.20 bits per heavy atom. The predicted molar refractivity (Wildman–Crippen MR) is 111 cm³/mol. The molecule has 10 nitrogen and oxygen atoms in total. The molecule has 4 rings (SSSR count). The molecule has 154 valence electrons. The fourth-order valence-electron chi connectivity index (χ4n) is 2.97. The zero-order valence-corrected chi connectivity index (χ0v) is 16.4. The summed E-state index contributed by atoms with van der Waals surface area (Å²) in [6, 6.07) is 6.89. The van der Waals surface area contributed by atoms with Crippen molar-refractivity contribution < 1.29 is 13.7 Å². The maximum Gasteiger partial charge on any atom is 0.273 e. The van der Waals surface area contributed by atoms with Crippen LogP contribution in [0.25, 0.3) is 11.4 Å². The molecule has 0 bridgehead atoms. The van der Waals surface area contributed by atoms with Gasteiger partial charge in [-0.3, -0.25) is 14.7 Å². The lowest BCUT2D eigenvalue weighted by Gasteiger charge is -2.15. The summed E-state index contributed by atoms with van der Waals surface area (Å²) in [7, 11) is 0. The summed E-state index contributed by atoms with van der Waals surface area (Å²) in [5.74, 6) is 0.181. The van der Waals surface area contributed by atoms with Crippen LogP contribution in [0.3, 0.4) is 0 Å². The van der Waals surface area contributed by atoms with Gasteiger partial charge in [-0.2, -0.15) is 5.10 Å². The molecule has 2 amide bonds. The van der Waals surface area contributed by atoms with Crippen LogP contribution in [0.4, 0.5) is 17.2 Å². The Morgan fingerprint density at radius 2 is 2.03 bits per heavy atom. The Kier molecular flexibility index (Phi) is 4.22. The lowest BCUT2D eigenvalue weighted by molar-refractivity contribution is -0.117. The van der Waals surface area contributed by atoms with E-state index in [1.54, 1.807) is 19.1 Å². The highest BCUT2D eigenvalue weighted by Crippen LogP contribution is 2.32. The van der Waals surface area contributed by atoms with Crippen molar-refractivity contribution in [3.63, 3.8) is 0 Å². The fourth-order valence-corrected chi connectivity index (χ4v) is 2.97. The molecule has 1 aliphatic carbocycles. The van der Waals surface area contributed by atoms with Crippen LogP contribution in [0, 0.1) is 19.8 Å². The van der Waals surface area contributed by atoms with E-state index in [0.29, 0.717) is 17.3 Å². The molecule has 10 heteroatoms. The molecule has 1 saturated carbocycles. The van der Waals surface area contributed by atoms with Crippen molar-refractivity contribution in [3.8, 4) is 11.4 Å². The normalized spacial score (nSPS) is 14.9. The number of aromatic nitrogens is 5. The maximum atomic E-state index is 12.6. The number of nitrogens with zero attached hydrogens (tertiary/aromatic N) is 4.